The van der Waals surface area contributed by atoms with Crippen LogP contribution in [0.3, 0.4) is 0 Å². The zero-order valence-corrected chi connectivity index (χ0v) is 15.5. The lowest BCUT2D eigenvalue weighted by atomic mass is 10.1. The molecule has 0 amide bonds. The molecule has 1 saturated heterocycles. The number of pyridine rings is 1. The molecule has 4 rings (SSSR count). The molecule has 27 heavy (non-hydrogen) atoms. The Morgan fingerprint density at radius 1 is 1.07 bits per heavy atom. The van der Waals surface area contributed by atoms with E-state index < -0.39 is 0 Å². The van der Waals surface area contributed by atoms with Crippen LogP contribution in [0.1, 0.15) is 17.4 Å². The summed E-state index contributed by atoms with van der Waals surface area (Å²) in [5.41, 5.74) is 1.68. The van der Waals surface area contributed by atoms with E-state index in [9.17, 15) is 9.59 Å². The standard InChI is InChI=1S/C20H22N4O3/c1-22-18-15(19(25)23(2)20(22)26)8-9-16(21-18)17-13-24(10-11-27-17)12-14-6-4-3-5-7-14/h3-9,17H,10-13H2,1-2H3/t17-/m1/s1. The zero-order valence-electron chi connectivity index (χ0n) is 15.5. The van der Waals surface area contributed by atoms with Gasteiger partial charge in [0, 0.05) is 33.7 Å². The van der Waals surface area contributed by atoms with Gasteiger partial charge in [-0.1, -0.05) is 30.3 Å². The molecule has 3 aromatic rings. The van der Waals surface area contributed by atoms with Crippen molar-refractivity contribution >= 4 is 11.0 Å². The van der Waals surface area contributed by atoms with Crippen LogP contribution in [0.2, 0.25) is 0 Å². The summed E-state index contributed by atoms with van der Waals surface area (Å²) < 4.78 is 8.44. The molecule has 0 N–H and O–H groups in total. The molecule has 1 atom stereocenters. The Kier molecular flexibility index (Phi) is 4.63. The minimum atomic E-state index is -0.382. The first-order chi connectivity index (χ1) is 13.0. The van der Waals surface area contributed by atoms with Crippen LogP contribution in [0.15, 0.2) is 52.1 Å². The fourth-order valence-electron chi connectivity index (χ4n) is 3.51. The number of hydrogen-bond acceptors (Lipinski definition) is 5. The minimum Gasteiger partial charge on any atom is -0.369 e. The molecular formula is C20H22N4O3. The van der Waals surface area contributed by atoms with Crippen molar-refractivity contribution in [2.75, 3.05) is 19.7 Å². The largest absolute Gasteiger partial charge is 0.369 e. The summed E-state index contributed by atoms with van der Waals surface area (Å²) in [7, 11) is 3.11. The van der Waals surface area contributed by atoms with Crippen molar-refractivity contribution in [1.29, 1.82) is 0 Å². The minimum absolute atomic E-state index is 0.189. The molecule has 0 saturated carbocycles. The van der Waals surface area contributed by atoms with Crippen LogP contribution in [-0.2, 0) is 25.4 Å². The van der Waals surface area contributed by atoms with E-state index >= 15 is 0 Å². The van der Waals surface area contributed by atoms with Crippen LogP contribution < -0.4 is 11.2 Å². The predicted octanol–water partition coefficient (Wildman–Crippen LogP) is 1.21. The summed E-state index contributed by atoms with van der Waals surface area (Å²) in [5.74, 6) is 0. The zero-order chi connectivity index (χ0) is 19.0. The van der Waals surface area contributed by atoms with Crippen LogP contribution in [0.5, 0.6) is 0 Å². The second-order valence-corrected chi connectivity index (χ2v) is 6.89. The molecule has 0 spiro atoms. The highest BCUT2D eigenvalue weighted by Crippen LogP contribution is 2.23. The Balaban J connectivity index is 1.64. The second kappa shape index (κ2) is 7.09. The van der Waals surface area contributed by atoms with Crippen LogP contribution in [-0.4, -0.2) is 38.7 Å². The molecule has 0 unspecified atom stereocenters. The predicted molar refractivity (Wildman–Crippen MR) is 103 cm³/mol. The molecule has 2 aromatic heterocycles. The van der Waals surface area contributed by atoms with Gasteiger partial charge in [-0.05, 0) is 17.7 Å². The fourth-order valence-corrected chi connectivity index (χ4v) is 3.51. The summed E-state index contributed by atoms with van der Waals surface area (Å²) in [4.78, 5) is 31.4. The lowest BCUT2D eigenvalue weighted by molar-refractivity contribution is -0.0348. The maximum atomic E-state index is 12.3. The van der Waals surface area contributed by atoms with E-state index in [1.165, 1.54) is 17.2 Å². The van der Waals surface area contributed by atoms with Crippen LogP contribution in [0.4, 0.5) is 0 Å². The smallest absolute Gasteiger partial charge is 0.332 e. The first-order valence-electron chi connectivity index (χ1n) is 8.99. The van der Waals surface area contributed by atoms with E-state index in [1.54, 1.807) is 13.1 Å². The fraction of sp³-hybridized carbons (Fsp3) is 0.350. The second-order valence-electron chi connectivity index (χ2n) is 6.89. The number of aryl methyl sites for hydroxylation is 1. The third kappa shape index (κ3) is 3.31. The normalized spacial score (nSPS) is 18.1. The first kappa shape index (κ1) is 17.6. The maximum absolute atomic E-state index is 12.3. The van der Waals surface area contributed by atoms with Gasteiger partial charge in [-0.2, -0.15) is 0 Å². The van der Waals surface area contributed by atoms with Crippen molar-refractivity contribution in [3.63, 3.8) is 0 Å². The van der Waals surface area contributed by atoms with Gasteiger partial charge in [-0.3, -0.25) is 18.8 Å². The average molecular weight is 366 g/mol. The number of hydrogen-bond donors (Lipinski definition) is 0. The van der Waals surface area contributed by atoms with Gasteiger partial charge in [0.25, 0.3) is 5.56 Å². The number of morpholine rings is 1. The molecule has 0 radical (unpaired) electrons. The highest BCUT2D eigenvalue weighted by atomic mass is 16.5. The third-order valence-electron chi connectivity index (χ3n) is 5.05. The van der Waals surface area contributed by atoms with Crippen molar-refractivity contribution < 1.29 is 4.74 Å². The highest BCUT2D eigenvalue weighted by molar-refractivity contribution is 5.73. The Labute approximate surface area is 156 Å². The first-order valence-corrected chi connectivity index (χ1v) is 8.99. The summed E-state index contributed by atoms with van der Waals surface area (Å²) in [6, 6.07) is 13.9. The lowest BCUT2D eigenvalue weighted by Crippen LogP contribution is -2.39. The molecule has 7 nitrogen and oxygen atoms in total. The SMILES string of the molecule is Cn1c(=O)c2ccc([C@H]3CN(Cc4ccccc4)CCO3)nc2n(C)c1=O. The molecule has 1 fully saturated rings. The van der Waals surface area contributed by atoms with Gasteiger partial charge in [-0.15, -0.1) is 0 Å². The number of ether oxygens (including phenoxy) is 1. The molecule has 0 bridgehead atoms. The van der Waals surface area contributed by atoms with Crippen molar-refractivity contribution in [3.8, 4) is 0 Å². The van der Waals surface area contributed by atoms with Gasteiger partial charge in [0.05, 0.1) is 17.7 Å². The number of rotatable bonds is 3. The average Bonchev–Trinajstić information content (AvgIpc) is 2.71. The molecular weight excluding hydrogens is 344 g/mol. The Morgan fingerprint density at radius 2 is 1.85 bits per heavy atom. The molecule has 3 heterocycles. The summed E-state index contributed by atoms with van der Waals surface area (Å²) in [6.45, 7) is 3.05. The van der Waals surface area contributed by atoms with Crippen molar-refractivity contribution in [2.24, 2.45) is 14.1 Å². The Hall–Kier alpha value is -2.77. The lowest BCUT2D eigenvalue weighted by Gasteiger charge is -2.32. The number of nitrogens with zero attached hydrogens (tertiary/aromatic N) is 4. The van der Waals surface area contributed by atoms with Gasteiger partial charge >= 0.3 is 5.69 Å². The molecule has 0 aliphatic carbocycles. The maximum Gasteiger partial charge on any atom is 0.332 e. The van der Waals surface area contributed by atoms with E-state index in [0.717, 1.165) is 23.4 Å². The van der Waals surface area contributed by atoms with E-state index in [4.69, 9.17) is 4.74 Å². The molecule has 1 aromatic carbocycles. The Bertz CT molecular complexity index is 1090. The topological polar surface area (TPSA) is 69.4 Å². The van der Waals surface area contributed by atoms with Gasteiger partial charge < -0.3 is 4.74 Å². The summed E-state index contributed by atoms with van der Waals surface area (Å²) >= 11 is 0. The van der Waals surface area contributed by atoms with Gasteiger partial charge in [0.15, 0.2) is 0 Å². The molecule has 1 aliphatic heterocycles. The van der Waals surface area contributed by atoms with Crippen molar-refractivity contribution in [1.82, 2.24) is 19.0 Å². The molecule has 1 aliphatic rings. The van der Waals surface area contributed by atoms with E-state index in [-0.39, 0.29) is 17.4 Å². The van der Waals surface area contributed by atoms with Crippen molar-refractivity contribution in [3.05, 3.63) is 74.6 Å². The van der Waals surface area contributed by atoms with Gasteiger partial charge in [-0.25, -0.2) is 9.78 Å². The van der Waals surface area contributed by atoms with Gasteiger partial charge in [0.2, 0.25) is 0 Å². The molecule has 140 valence electrons. The highest BCUT2D eigenvalue weighted by Gasteiger charge is 2.24. The summed E-state index contributed by atoms with van der Waals surface area (Å²) in [6.07, 6.45) is -0.189. The quantitative estimate of drug-likeness (QED) is 0.697. The monoisotopic (exact) mass is 366 g/mol. The van der Waals surface area contributed by atoms with E-state index in [2.05, 4.69) is 22.0 Å². The van der Waals surface area contributed by atoms with Crippen LogP contribution in [0, 0.1) is 0 Å². The number of fused-ring (bicyclic) bond motifs is 1. The van der Waals surface area contributed by atoms with Gasteiger partial charge in [0.1, 0.15) is 11.8 Å². The van der Waals surface area contributed by atoms with Crippen LogP contribution in [0.25, 0.3) is 11.0 Å². The number of benzene rings is 1. The number of aromatic nitrogens is 3. The van der Waals surface area contributed by atoms with E-state index in [0.29, 0.717) is 24.2 Å². The van der Waals surface area contributed by atoms with Crippen LogP contribution >= 0.6 is 0 Å². The summed E-state index contributed by atoms with van der Waals surface area (Å²) in [5, 5.41) is 0.431. The Morgan fingerprint density at radius 3 is 2.63 bits per heavy atom. The third-order valence-corrected chi connectivity index (χ3v) is 5.05. The van der Waals surface area contributed by atoms with Crippen molar-refractivity contribution in [2.45, 2.75) is 12.6 Å². The molecule has 7 heteroatoms. The van der Waals surface area contributed by atoms with E-state index in [1.807, 2.05) is 24.3 Å².